The molecule has 1 unspecified atom stereocenters. The number of rotatable bonds is 6. The van der Waals surface area contributed by atoms with Gasteiger partial charge in [0.15, 0.2) is 0 Å². The van der Waals surface area contributed by atoms with Crippen LogP contribution in [0.2, 0.25) is 10.0 Å². The lowest BCUT2D eigenvalue weighted by Crippen LogP contribution is -2.48. The van der Waals surface area contributed by atoms with Gasteiger partial charge in [-0.25, -0.2) is 4.39 Å². The van der Waals surface area contributed by atoms with E-state index in [0.29, 0.717) is 41.0 Å². The summed E-state index contributed by atoms with van der Waals surface area (Å²) >= 11 is 12.0. The summed E-state index contributed by atoms with van der Waals surface area (Å²) in [6.07, 6.45) is 9.49. The molecule has 172 valence electrons. The summed E-state index contributed by atoms with van der Waals surface area (Å²) in [5.74, 6) is 0.429. The predicted octanol–water partition coefficient (Wildman–Crippen LogP) is 6.22. The predicted molar refractivity (Wildman–Crippen MR) is 130 cm³/mol. The minimum atomic E-state index is -1.39. The average Bonchev–Trinajstić information content (AvgIpc) is 3.56. The average molecular weight is 486 g/mol. The Bertz CT molecular complexity index is 1110. The van der Waals surface area contributed by atoms with Crippen LogP contribution in [0.1, 0.15) is 59.8 Å². The van der Waals surface area contributed by atoms with Crippen LogP contribution in [-0.2, 0) is 6.42 Å². The summed E-state index contributed by atoms with van der Waals surface area (Å²) in [4.78, 5) is 24.1. The fourth-order valence-electron chi connectivity index (χ4n) is 4.89. The molecule has 3 heterocycles. The Labute approximate surface area is 203 Å². The van der Waals surface area contributed by atoms with Gasteiger partial charge < -0.3 is 4.90 Å². The van der Waals surface area contributed by atoms with Crippen LogP contribution < -0.4 is 0 Å². The van der Waals surface area contributed by atoms with Gasteiger partial charge in [-0.2, -0.15) is 0 Å². The fraction of sp³-hybridized carbons (Fsp3) is 0.423. The molecule has 1 aromatic heterocycles. The van der Waals surface area contributed by atoms with Crippen LogP contribution in [-0.4, -0.2) is 46.3 Å². The molecule has 0 radical (unpaired) electrons. The first-order chi connectivity index (χ1) is 15.8. The Morgan fingerprint density at radius 2 is 1.91 bits per heavy atom. The highest BCUT2D eigenvalue weighted by molar-refractivity contribution is 6.42. The molecule has 1 aromatic carbocycles. The van der Waals surface area contributed by atoms with Crippen molar-refractivity contribution in [3.63, 3.8) is 0 Å². The van der Waals surface area contributed by atoms with Crippen molar-refractivity contribution >= 4 is 35.3 Å². The van der Waals surface area contributed by atoms with Gasteiger partial charge >= 0.3 is 0 Å². The quantitative estimate of drug-likeness (QED) is 0.487. The highest BCUT2D eigenvalue weighted by atomic mass is 35.5. The van der Waals surface area contributed by atoms with Gasteiger partial charge in [-0.05, 0) is 62.1 Å². The number of piperidine rings is 1. The summed E-state index contributed by atoms with van der Waals surface area (Å²) < 4.78 is 16.0. The maximum atomic E-state index is 16.0. The number of pyridine rings is 1. The lowest BCUT2D eigenvalue weighted by molar-refractivity contribution is 0.0322. The summed E-state index contributed by atoms with van der Waals surface area (Å²) in [7, 11) is 0. The van der Waals surface area contributed by atoms with E-state index in [4.69, 9.17) is 28.2 Å². The Morgan fingerprint density at radius 1 is 1.12 bits per heavy atom. The number of alkyl halides is 1. The smallest absolute Gasteiger partial charge is 0.253 e. The minimum absolute atomic E-state index is 0.148. The lowest BCUT2D eigenvalue weighted by Gasteiger charge is -2.40. The summed E-state index contributed by atoms with van der Waals surface area (Å²) in [5.41, 5.74) is 0.544. The first kappa shape index (κ1) is 22.5. The molecular weight excluding hydrogens is 460 g/mol. The zero-order valence-corrected chi connectivity index (χ0v) is 19.8. The first-order valence-corrected chi connectivity index (χ1v) is 12.2. The van der Waals surface area contributed by atoms with E-state index in [1.54, 1.807) is 29.3 Å². The third kappa shape index (κ3) is 4.99. The van der Waals surface area contributed by atoms with Crippen LogP contribution in [0.4, 0.5) is 4.39 Å². The van der Waals surface area contributed by atoms with E-state index in [2.05, 4.69) is 11.1 Å². The van der Waals surface area contributed by atoms with E-state index in [1.807, 2.05) is 24.3 Å². The summed E-state index contributed by atoms with van der Waals surface area (Å²) in [6.45, 7) is 0.711. The second-order valence-corrected chi connectivity index (χ2v) is 10.3. The number of hydrogen-bond acceptors (Lipinski definition) is 3. The van der Waals surface area contributed by atoms with Crippen molar-refractivity contribution < 1.29 is 9.18 Å². The van der Waals surface area contributed by atoms with Crippen molar-refractivity contribution in [3.05, 3.63) is 75.5 Å². The van der Waals surface area contributed by atoms with E-state index in [9.17, 15) is 4.79 Å². The molecule has 3 aliphatic rings. The number of carbonyl (C=O) groups excluding carboxylic acids is 1. The molecule has 1 saturated heterocycles. The van der Waals surface area contributed by atoms with Gasteiger partial charge in [0.2, 0.25) is 0 Å². The zero-order valence-electron chi connectivity index (χ0n) is 18.3. The van der Waals surface area contributed by atoms with Crippen LogP contribution in [0.3, 0.4) is 0 Å². The van der Waals surface area contributed by atoms with Gasteiger partial charge in [0.05, 0.1) is 15.6 Å². The van der Waals surface area contributed by atoms with E-state index >= 15 is 4.39 Å². The molecule has 0 bridgehead atoms. The van der Waals surface area contributed by atoms with Crippen LogP contribution in [0.15, 0.2) is 53.5 Å². The summed E-state index contributed by atoms with van der Waals surface area (Å²) in [5, 5.41) is 0.744. The number of aliphatic imine (C=N–C) groups is 1. The standard InChI is InChI=1S/C26H26Cl2FN3O/c27-21-8-7-19(15-22(21)28)24(33)32-13-10-25(29,11-14-32)17-26(9-2-12-30-26)16-20-3-1-4-23(31-20)18-5-6-18/h1-4,7-9,12,15,18H,5-6,10-11,13-14,16-17H2. The van der Waals surface area contributed by atoms with Crippen LogP contribution in [0.5, 0.6) is 0 Å². The molecule has 2 aliphatic heterocycles. The molecular formula is C26H26Cl2FN3O. The first-order valence-electron chi connectivity index (χ1n) is 11.5. The normalized spacial score (nSPS) is 23.8. The third-order valence-corrected chi connectivity index (χ3v) is 7.61. The van der Waals surface area contributed by atoms with Crippen molar-refractivity contribution in [2.24, 2.45) is 4.99 Å². The Hall–Kier alpha value is -2.24. The van der Waals surface area contributed by atoms with E-state index in [0.717, 1.165) is 11.4 Å². The fourth-order valence-corrected chi connectivity index (χ4v) is 5.19. The zero-order chi connectivity index (χ0) is 23.1. The molecule has 0 spiro atoms. The van der Waals surface area contributed by atoms with Crippen molar-refractivity contribution in [2.45, 2.75) is 55.7 Å². The van der Waals surface area contributed by atoms with Crippen molar-refractivity contribution in [1.29, 1.82) is 0 Å². The minimum Gasteiger partial charge on any atom is -0.338 e. The molecule has 1 saturated carbocycles. The van der Waals surface area contributed by atoms with E-state index < -0.39 is 11.2 Å². The summed E-state index contributed by atoms with van der Waals surface area (Å²) in [6, 6.07) is 11.0. The SMILES string of the molecule is O=C(c1ccc(Cl)c(Cl)c1)N1CCC(F)(CC2(Cc3cccc(C4CC4)n3)C=CC=N2)CC1. The topological polar surface area (TPSA) is 45.6 Å². The second-order valence-electron chi connectivity index (χ2n) is 9.49. The molecule has 0 N–H and O–H groups in total. The van der Waals surface area contributed by atoms with Gasteiger partial charge in [-0.15, -0.1) is 0 Å². The Balaban J connectivity index is 1.26. The highest BCUT2D eigenvalue weighted by Crippen LogP contribution is 2.41. The molecule has 7 heteroatoms. The van der Waals surface area contributed by atoms with Crippen LogP contribution in [0.25, 0.3) is 0 Å². The van der Waals surface area contributed by atoms with Gasteiger partial charge in [0, 0.05) is 55.0 Å². The number of amides is 1. The molecule has 5 rings (SSSR count). The van der Waals surface area contributed by atoms with Crippen molar-refractivity contribution in [1.82, 2.24) is 9.88 Å². The number of benzene rings is 1. The number of nitrogens with zero attached hydrogens (tertiary/aromatic N) is 3. The molecule has 1 amide bonds. The van der Waals surface area contributed by atoms with Crippen LogP contribution >= 0.6 is 23.2 Å². The van der Waals surface area contributed by atoms with Crippen LogP contribution in [0, 0.1) is 0 Å². The molecule has 33 heavy (non-hydrogen) atoms. The number of halogens is 3. The molecule has 4 nitrogen and oxygen atoms in total. The van der Waals surface area contributed by atoms with Gasteiger partial charge in [-0.1, -0.05) is 35.3 Å². The lowest BCUT2D eigenvalue weighted by atomic mass is 9.78. The molecule has 1 aliphatic carbocycles. The largest absolute Gasteiger partial charge is 0.338 e. The van der Waals surface area contributed by atoms with E-state index in [1.165, 1.54) is 12.8 Å². The number of hydrogen-bond donors (Lipinski definition) is 0. The number of likely N-dealkylation sites (tertiary alicyclic amines) is 1. The van der Waals surface area contributed by atoms with Crippen molar-refractivity contribution in [3.8, 4) is 0 Å². The maximum Gasteiger partial charge on any atom is 0.253 e. The second kappa shape index (κ2) is 8.84. The van der Waals surface area contributed by atoms with Gasteiger partial charge in [0.1, 0.15) is 5.67 Å². The maximum absolute atomic E-state index is 16.0. The number of allylic oxidation sites excluding steroid dienone is 1. The van der Waals surface area contributed by atoms with Gasteiger partial charge in [-0.3, -0.25) is 14.8 Å². The number of aromatic nitrogens is 1. The monoisotopic (exact) mass is 485 g/mol. The Kier molecular flexibility index (Phi) is 6.04. The van der Waals surface area contributed by atoms with E-state index in [-0.39, 0.29) is 25.2 Å². The van der Waals surface area contributed by atoms with Crippen molar-refractivity contribution in [2.75, 3.05) is 13.1 Å². The van der Waals surface area contributed by atoms with Gasteiger partial charge in [0.25, 0.3) is 5.91 Å². The number of carbonyl (C=O) groups is 1. The molecule has 1 atom stereocenters. The Morgan fingerprint density at radius 3 is 2.58 bits per heavy atom. The highest BCUT2D eigenvalue weighted by Gasteiger charge is 2.44. The molecule has 2 fully saturated rings. The molecule has 2 aromatic rings. The third-order valence-electron chi connectivity index (χ3n) is 6.87.